The molecule has 3 heteroatoms. The molecule has 1 atom stereocenters. The van der Waals surface area contributed by atoms with Gasteiger partial charge in [0, 0.05) is 25.7 Å². The monoisotopic (exact) mass is 288 g/mol. The maximum atomic E-state index is 12.8. The Morgan fingerprint density at radius 2 is 1.81 bits per heavy atom. The number of halogens is 1. The van der Waals surface area contributed by atoms with Crippen LogP contribution in [0, 0.1) is 5.82 Å². The van der Waals surface area contributed by atoms with Crippen molar-refractivity contribution in [2.45, 2.75) is 31.7 Å². The van der Waals surface area contributed by atoms with E-state index in [-0.39, 0.29) is 5.82 Å². The van der Waals surface area contributed by atoms with Crippen LogP contribution in [-0.2, 0) is 0 Å². The summed E-state index contributed by atoms with van der Waals surface area (Å²) in [5.41, 5.74) is 1.07. The molecule has 1 aromatic carbocycles. The lowest BCUT2D eigenvalue weighted by atomic mass is 10.1. The molecule has 2 heterocycles. The number of hydrogen-bond acceptors (Lipinski definition) is 2. The van der Waals surface area contributed by atoms with Crippen molar-refractivity contribution in [1.82, 2.24) is 9.80 Å². The molecule has 1 unspecified atom stereocenters. The molecule has 21 heavy (non-hydrogen) atoms. The van der Waals surface area contributed by atoms with E-state index in [1.807, 2.05) is 12.1 Å². The van der Waals surface area contributed by atoms with Gasteiger partial charge in [-0.25, -0.2) is 4.39 Å². The van der Waals surface area contributed by atoms with Gasteiger partial charge in [0.1, 0.15) is 5.82 Å². The standard InChI is InChI=1S/C18H25FN2/c19-17-8-6-16(7-9-17)5-4-11-20-14-10-18(15-20)21-12-2-1-3-13-21/h4-9,18H,1-3,10-15H2/b5-4+. The van der Waals surface area contributed by atoms with Crippen molar-refractivity contribution in [3.63, 3.8) is 0 Å². The molecule has 2 aliphatic heterocycles. The minimum absolute atomic E-state index is 0.170. The Labute approximate surface area is 127 Å². The van der Waals surface area contributed by atoms with Crippen molar-refractivity contribution in [3.05, 3.63) is 41.7 Å². The summed E-state index contributed by atoms with van der Waals surface area (Å²) < 4.78 is 12.8. The van der Waals surface area contributed by atoms with Gasteiger partial charge in [-0.1, -0.05) is 30.7 Å². The molecule has 0 aromatic heterocycles. The molecule has 2 nitrogen and oxygen atoms in total. The molecule has 0 aliphatic carbocycles. The Hall–Kier alpha value is -1.19. The normalized spacial score (nSPS) is 24.9. The van der Waals surface area contributed by atoms with Crippen LogP contribution in [0.25, 0.3) is 6.08 Å². The smallest absolute Gasteiger partial charge is 0.123 e. The number of hydrogen-bond donors (Lipinski definition) is 0. The van der Waals surface area contributed by atoms with E-state index in [9.17, 15) is 4.39 Å². The van der Waals surface area contributed by atoms with Crippen molar-refractivity contribution < 1.29 is 4.39 Å². The Balaban J connectivity index is 1.45. The summed E-state index contributed by atoms with van der Waals surface area (Å²) in [6.07, 6.45) is 9.76. The number of rotatable bonds is 4. The number of piperidine rings is 1. The first-order chi connectivity index (χ1) is 10.3. The summed E-state index contributed by atoms with van der Waals surface area (Å²) in [6.45, 7) is 6.00. The molecular formula is C18H25FN2. The maximum Gasteiger partial charge on any atom is 0.123 e. The van der Waals surface area contributed by atoms with E-state index >= 15 is 0 Å². The molecule has 0 amide bonds. The van der Waals surface area contributed by atoms with Gasteiger partial charge >= 0.3 is 0 Å². The average Bonchev–Trinajstić information content (AvgIpc) is 2.99. The van der Waals surface area contributed by atoms with Crippen molar-refractivity contribution >= 4 is 6.08 Å². The number of likely N-dealkylation sites (tertiary alicyclic amines) is 2. The van der Waals surface area contributed by atoms with Crippen LogP contribution in [0.1, 0.15) is 31.2 Å². The van der Waals surface area contributed by atoms with Gasteiger partial charge in [-0.05, 0) is 50.0 Å². The van der Waals surface area contributed by atoms with Crippen LogP contribution < -0.4 is 0 Å². The predicted octanol–water partition coefficient (Wildman–Crippen LogP) is 3.40. The van der Waals surface area contributed by atoms with E-state index in [0.717, 1.165) is 18.2 Å². The number of benzene rings is 1. The minimum atomic E-state index is -0.170. The zero-order valence-corrected chi connectivity index (χ0v) is 12.7. The van der Waals surface area contributed by atoms with Crippen molar-refractivity contribution in [2.24, 2.45) is 0 Å². The molecular weight excluding hydrogens is 263 g/mol. The van der Waals surface area contributed by atoms with Gasteiger partial charge < -0.3 is 0 Å². The highest BCUT2D eigenvalue weighted by Crippen LogP contribution is 2.20. The summed E-state index contributed by atoms with van der Waals surface area (Å²) >= 11 is 0. The second-order valence-electron chi connectivity index (χ2n) is 6.25. The van der Waals surface area contributed by atoms with Crippen LogP contribution in [0.2, 0.25) is 0 Å². The fraction of sp³-hybridized carbons (Fsp3) is 0.556. The van der Waals surface area contributed by atoms with Gasteiger partial charge in [-0.2, -0.15) is 0 Å². The zero-order chi connectivity index (χ0) is 14.5. The molecule has 0 N–H and O–H groups in total. The minimum Gasteiger partial charge on any atom is -0.299 e. The van der Waals surface area contributed by atoms with Crippen LogP contribution in [-0.4, -0.2) is 48.6 Å². The van der Waals surface area contributed by atoms with Crippen LogP contribution in [0.5, 0.6) is 0 Å². The summed E-state index contributed by atoms with van der Waals surface area (Å²) in [5.74, 6) is -0.170. The van der Waals surface area contributed by atoms with Gasteiger partial charge in [0.2, 0.25) is 0 Å². The van der Waals surface area contributed by atoms with Crippen LogP contribution in [0.3, 0.4) is 0 Å². The lowest BCUT2D eigenvalue weighted by Gasteiger charge is -2.32. The molecule has 0 radical (unpaired) electrons. The first-order valence-electron chi connectivity index (χ1n) is 8.20. The van der Waals surface area contributed by atoms with Crippen LogP contribution in [0.15, 0.2) is 30.3 Å². The van der Waals surface area contributed by atoms with Gasteiger partial charge in [-0.3, -0.25) is 9.80 Å². The molecule has 3 rings (SSSR count). The highest BCUT2D eigenvalue weighted by Gasteiger charge is 2.27. The van der Waals surface area contributed by atoms with Crippen molar-refractivity contribution in [2.75, 3.05) is 32.7 Å². The fourth-order valence-corrected chi connectivity index (χ4v) is 3.47. The van der Waals surface area contributed by atoms with Gasteiger partial charge in [0.05, 0.1) is 0 Å². The molecule has 2 saturated heterocycles. The van der Waals surface area contributed by atoms with E-state index in [1.54, 1.807) is 0 Å². The molecule has 2 aliphatic rings. The lowest BCUT2D eigenvalue weighted by Crippen LogP contribution is -2.40. The highest BCUT2D eigenvalue weighted by atomic mass is 19.1. The molecule has 0 bridgehead atoms. The van der Waals surface area contributed by atoms with Crippen molar-refractivity contribution in [1.29, 1.82) is 0 Å². The zero-order valence-electron chi connectivity index (χ0n) is 12.7. The third kappa shape index (κ3) is 4.14. The topological polar surface area (TPSA) is 6.48 Å². The first-order valence-corrected chi connectivity index (χ1v) is 8.20. The Morgan fingerprint density at radius 1 is 1.05 bits per heavy atom. The predicted molar refractivity (Wildman–Crippen MR) is 85.7 cm³/mol. The summed E-state index contributed by atoms with van der Waals surface area (Å²) in [5, 5.41) is 0. The second-order valence-corrected chi connectivity index (χ2v) is 6.25. The largest absolute Gasteiger partial charge is 0.299 e. The fourth-order valence-electron chi connectivity index (χ4n) is 3.47. The van der Waals surface area contributed by atoms with E-state index in [4.69, 9.17) is 0 Å². The lowest BCUT2D eigenvalue weighted by molar-refractivity contribution is 0.164. The summed E-state index contributed by atoms with van der Waals surface area (Å²) in [4.78, 5) is 5.21. The van der Waals surface area contributed by atoms with E-state index < -0.39 is 0 Å². The van der Waals surface area contributed by atoms with Gasteiger partial charge in [0.15, 0.2) is 0 Å². The van der Waals surface area contributed by atoms with Gasteiger partial charge in [0.25, 0.3) is 0 Å². The molecule has 0 saturated carbocycles. The number of nitrogens with zero attached hydrogens (tertiary/aromatic N) is 2. The third-order valence-corrected chi connectivity index (χ3v) is 4.70. The van der Waals surface area contributed by atoms with E-state index in [1.165, 1.54) is 64.0 Å². The molecule has 114 valence electrons. The third-order valence-electron chi connectivity index (χ3n) is 4.70. The first kappa shape index (κ1) is 14.7. The second kappa shape index (κ2) is 7.19. The summed E-state index contributed by atoms with van der Waals surface area (Å²) in [7, 11) is 0. The molecule has 2 fully saturated rings. The van der Waals surface area contributed by atoms with Crippen molar-refractivity contribution in [3.8, 4) is 0 Å². The van der Waals surface area contributed by atoms with Crippen LogP contribution in [0.4, 0.5) is 4.39 Å². The van der Waals surface area contributed by atoms with Crippen LogP contribution >= 0.6 is 0 Å². The summed E-state index contributed by atoms with van der Waals surface area (Å²) in [6, 6.07) is 7.45. The van der Waals surface area contributed by atoms with E-state index in [0.29, 0.717) is 0 Å². The Kier molecular flexibility index (Phi) is 5.04. The quantitative estimate of drug-likeness (QED) is 0.838. The van der Waals surface area contributed by atoms with E-state index in [2.05, 4.69) is 22.0 Å². The maximum absolute atomic E-state index is 12.8. The SMILES string of the molecule is Fc1ccc(/C=C/CN2CCC(N3CCCCC3)C2)cc1. The molecule has 0 spiro atoms. The highest BCUT2D eigenvalue weighted by molar-refractivity contribution is 5.48. The average molecular weight is 288 g/mol. The Morgan fingerprint density at radius 3 is 2.57 bits per heavy atom. The Bertz CT molecular complexity index is 463. The van der Waals surface area contributed by atoms with Gasteiger partial charge in [-0.15, -0.1) is 0 Å². The molecule has 1 aromatic rings.